The molecule has 7 atom stereocenters. The summed E-state index contributed by atoms with van der Waals surface area (Å²) < 4.78 is 0. The number of rotatable bonds is 4. The molecule has 3 saturated carbocycles. The van der Waals surface area contributed by atoms with Crippen LogP contribution in [0.15, 0.2) is 24.3 Å². The molecular weight excluding hydrogens is 430 g/mol. The minimum absolute atomic E-state index is 0.0574. The second-order valence-corrected chi connectivity index (χ2v) is 11.8. The molecule has 7 nitrogen and oxygen atoms in total. The first-order chi connectivity index (χ1) is 16.1. The third-order valence-corrected chi connectivity index (χ3v) is 10.6. The molecule has 0 unspecified atom stereocenters. The number of carbonyl (C=O) groups excluding carboxylic acids is 2. The van der Waals surface area contributed by atoms with Gasteiger partial charge in [-0.15, -0.1) is 0 Å². The van der Waals surface area contributed by atoms with Crippen LogP contribution in [0.5, 0.6) is 0 Å². The van der Waals surface area contributed by atoms with Crippen LogP contribution in [0.1, 0.15) is 75.6 Å². The molecule has 0 aromatic heterocycles. The Morgan fingerprint density at radius 1 is 1.12 bits per heavy atom. The third-order valence-electron chi connectivity index (χ3n) is 10.6. The van der Waals surface area contributed by atoms with Gasteiger partial charge in [0.15, 0.2) is 0 Å². The number of nitro groups is 1. The maximum atomic E-state index is 12.8. The van der Waals surface area contributed by atoms with Crippen LogP contribution in [0.2, 0.25) is 0 Å². The second kappa shape index (κ2) is 8.35. The first-order valence-electron chi connectivity index (χ1n) is 12.9. The van der Waals surface area contributed by atoms with E-state index in [4.69, 9.17) is 0 Å². The molecule has 1 aromatic rings. The Morgan fingerprint density at radius 2 is 1.88 bits per heavy atom. The fourth-order valence-electron chi connectivity index (χ4n) is 8.67. The van der Waals surface area contributed by atoms with Crippen LogP contribution < -0.4 is 5.32 Å². The van der Waals surface area contributed by atoms with Crippen LogP contribution in [0.3, 0.4) is 0 Å². The van der Waals surface area contributed by atoms with E-state index >= 15 is 0 Å². The van der Waals surface area contributed by atoms with Crippen LogP contribution in [0.4, 0.5) is 5.69 Å². The van der Waals surface area contributed by atoms with Crippen molar-refractivity contribution < 1.29 is 14.5 Å². The van der Waals surface area contributed by atoms with Gasteiger partial charge in [0.2, 0.25) is 5.91 Å². The predicted octanol–water partition coefficient (Wildman–Crippen LogP) is 4.80. The Morgan fingerprint density at radius 3 is 2.65 bits per heavy atom. The van der Waals surface area contributed by atoms with Crippen LogP contribution >= 0.6 is 0 Å². The van der Waals surface area contributed by atoms with Gasteiger partial charge in [0.1, 0.15) is 0 Å². The molecule has 4 fully saturated rings. The van der Waals surface area contributed by atoms with E-state index in [-0.39, 0.29) is 22.4 Å². The lowest BCUT2D eigenvalue weighted by atomic mass is 9.47. The highest BCUT2D eigenvalue weighted by molar-refractivity contribution is 5.94. The first-order valence-corrected chi connectivity index (χ1v) is 12.9. The number of nitrogens with zero attached hydrogens (tertiary/aromatic N) is 2. The van der Waals surface area contributed by atoms with E-state index in [1.807, 2.05) is 7.05 Å². The van der Waals surface area contributed by atoms with Crippen LogP contribution in [-0.2, 0) is 4.79 Å². The van der Waals surface area contributed by atoms with Gasteiger partial charge in [-0.2, -0.15) is 0 Å². The summed E-state index contributed by atoms with van der Waals surface area (Å²) in [4.78, 5) is 37.8. The summed E-state index contributed by atoms with van der Waals surface area (Å²) in [6.45, 7) is 5.52. The van der Waals surface area contributed by atoms with Crippen molar-refractivity contribution in [3.05, 3.63) is 39.9 Å². The van der Waals surface area contributed by atoms with Crippen molar-refractivity contribution in [2.24, 2.45) is 34.5 Å². The molecule has 0 radical (unpaired) electrons. The van der Waals surface area contributed by atoms with Crippen molar-refractivity contribution in [2.45, 2.75) is 71.3 Å². The van der Waals surface area contributed by atoms with E-state index in [1.165, 1.54) is 37.8 Å². The number of hydrogen-bond donors (Lipinski definition) is 1. The lowest BCUT2D eigenvalue weighted by Gasteiger charge is -2.61. The van der Waals surface area contributed by atoms with Crippen LogP contribution in [-0.4, -0.2) is 41.3 Å². The summed E-state index contributed by atoms with van der Waals surface area (Å²) in [5.74, 6) is 2.57. The maximum absolute atomic E-state index is 12.8. The average Bonchev–Trinajstić information content (AvgIpc) is 3.16. The number of hydrogen-bond acceptors (Lipinski definition) is 4. The number of carbonyl (C=O) groups is 2. The molecule has 184 valence electrons. The van der Waals surface area contributed by atoms with Crippen molar-refractivity contribution in [2.75, 3.05) is 13.6 Å². The highest BCUT2D eigenvalue weighted by Gasteiger charge is 2.60. The van der Waals surface area contributed by atoms with Crippen molar-refractivity contribution >= 4 is 17.5 Å². The van der Waals surface area contributed by atoms with Crippen molar-refractivity contribution in [1.29, 1.82) is 0 Å². The number of amides is 2. The predicted molar refractivity (Wildman–Crippen MR) is 129 cm³/mol. The fraction of sp³-hybridized carbons (Fsp3) is 0.704. The van der Waals surface area contributed by atoms with Gasteiger partial charge < -0.3 is 10.2 Å². The summed E-state index contributed by atoms with van der Waals surface area (Å²) >= 11 is 0. The van der Waals surface area contributed by atoms with Gasteiger partial charge in [-0.05, 0) is 85.5 Å². The number of nitrogens with one attached hydrogen (secondary N) is 1. The van der Waals surface area contributed by atoms with Gasteiger partial charge >= 0.3 is 0 Å². The van der Waals surface area contributed by atoms with E-state index in [2.05, 4.69) is 24.1 Å². The molecule has 1 aromatic carbocycles. The molecule has 1 heterocycles. The molecule has 1 N–H and O–H groups in total. The van der Waals surface area contributed by atoms with Crippen LogP contribution in [0, 0.1) is 44.6 Å². The number of piperidine rings is 1. The minimum Gasteiger partial charge on any atom is -0.352 e. The normalized spacial score (nSPS) is 39.1. The summed E-state index contributed by atoms with van der Waals surface area (Å²) in [6.07, 6.45) is 8.74. The van der Waals surface area contributed by atoms with E-state index in [0.29, 0.717) is 54.1 Å². The van der Waals surface area contributed by atoms with Crippen LogP contribution in [0.25, 0.3) is 0 Å². The lowest BCUT2D eigenvalue weighted by Crippen LogP contribution is -2.61. The largest absolute Gasteiger partial charge is 0.352 e. The standard InChI is InChI=1S/C27H37N3O4/c1-26-13-11-22-20(8-10-23-27(22,2)14-12-24(31)29(23)3)21(26)9-7-18(26)16-28-25(32)17-5-4-6-19(15-17)30(33)34/h4-6,15,18,20-23H,7-14,16H2,1-3H3,(H,28,32)/t18-,20+,21+,22+,23-,26-,27-/m1/s1. The molecule has 4 aliphatic rings. The molecule has 2 amide bonds. The maximum Gasteiger partial charge on any atom is 0.270 e. The fourth-order valence-corrected chi connectivity index (χ4v) is 8.67. The smallest absolute Gasteiger partial charge is 0.270 e. The molecule has 5 rings (SSSR count). The molecular formula is C27H37N3O4. The molecule has 1 aliphatic heterocycles. The van der Waals surface area contributed by atoms with Gasteiger partial charge in [0, 0.05) is 43.8 Å². The Labute approximate surface area is 201 Å². The van der Waals surface area contributed by atoms with Gasteiger partial charge in [0.25, 0.3) is 11.6 Å². The summed E-state index contributed by atoms with van der Waals surface area (Å²) in [5.41, 5.74) is 0.732. The monoisotopic (exact) mass is 467 g/mol. The molecule has 1 saturated heterocycles. The highest BCUT2D eigenvalue weighted by Crippen LogP contribution is 2.66. The highest BCUT2D eigenvalue weighted by atomic mass is 16.6. The van der Waals surface area contributed by atoms with Gasteiger partial charge in [-0.1, -0.05) is 19.9 Å². The number of nitro benzene ring substituents is 1. The Balaban J connectivity index is 1.28. The summed E-state index contributed by atoms with van der Waals surface area (Å²) in [6, 6.07) is 6.34. The molecule has 3 aliphatic carbocycles. The lowest BCUT2D eigenvalue weighted by molar-refractivity contribution is -0.384. The minimum atomic E-state index is -0.465. The number of fused-ring (bicyclic) bond motifs is 5. The van der Waals surface area contributed by atoms with E-state index in [9.17, 15) is 19.7 Å². The Bertz CT molecular complexity index is 1010. The molecule has 7 heteroatoms. The first kappa shape index (κ1) is 23.3. The SMILES string of the molecule is CN1C(=O)CC[C@]2(C)[C@H]3CC[C@]4(C)[C@@H](CNC(=O)c5cccc([N+](=O)[O-])c5)CC[C@H]4[C@@H]3CC[C@@H]12. The quantitative estimate of drug-likeness (QED) is 0.508. The zero-order chi connectivity index (χ0) is 24.3. The number of benzene rings is 1. The zero-order valence-corrected chi connectivity index (χ0v) is 20.6. The van der Waals surface area contributed by atoms with Crippen molar-refractivity contribution in [3.63, 3.8) is 0 Å². The zero-order valence-electron chi connectivity index (χ0n) is 20.6. The topological polar surface area (TPSA) is 92.6 Å². The van der Waals surface area contributed by atoms with E-state index < -0.39 is 4.92 Å². The second-order valence-electron chi connectivity index (χ2n) is 11.8. The van der Waals surface area contributed by atoms with Crippen molar-refractivity contribution in [1.82, 2.24) is 10.2 Å². The van der Waals surface area contributed by atoms with Gasteiger partial charge in [0.05, 0.1) is 4.92 Å². The number of non-ortho nitro benzene ring substituents is 1. The third kappa shape index (κ3) is 3.54. The molecule has 34 heavy (non-hydrogen) atoms. The van der Waals surface area contributed by atoms with E-state index in [1.54, 1.807) is 12.1 Å². The van der Waals surface area contributed by atoms with Crippen molar-refractivity contribution in [3.8, 4) is 0 Å². The number of likely N-dealkylation sites (tertiary alicyclic amines) is 1. The Kier molecular flexibility index (Phi) is 5.72. The molecule has 0 spiro atoms. The van der Waals surface area contributed by atoms with Gasteiger partial charge in [-0.25, -0.2) is 0 Å². The van der Waals surface area contributed by atoms with E-state index in [0.717, 1.165) is 19.3 Å². The Hall–Kier alpha value is -2.44. The average molecular weight is 468 g/mol. The summed E-state index contributed by atoms with van der Waals surface area (Å²) in [7, 11) is 2.01. The summed E-state index contributed by atoms with van der Waals surface area (Å²) in [5, 5.41) is 14.2. The molecule has 0 bridgehead atoms. The van der Waals surface area contributed by atoms with Gasteiger partial charge in [-0.3, -0.25) is 19.7 Å².